The molecular formula is C11H19ClN2O3S. The van der Waals surface area contributed by atoms with Crippen LogP contribution in [0.1, 0.15) is 31.9 Å². The summed E-state index contributed by atoms with van der Waals surface area (Å²) in [7, 11) is -3.95. The third-order valence-corrected chi connectivity index (χ3v) is 3.47. The van der Waals surface area contributed by atoms with Gasteiger partial charge in [0, 0.05) is 12.1 Å². The van der Waals surface area contributed by atoms with E-state index in [1.807, 2.05) is 20.8 Å². The smallest absolute Gasteiger partial charge is 0.241 e. The summed E-state index contributed by atoms with van der Waals surface area (Å²) in [6, 6.07) is 3.09. The van der Waals surface area contributed by atoms with E-state index in [1.54, 1.807) is 6.07 Å². The van der Waals surface area contributed by atoms with Crippen LogP contribution in [0.5, 0.6) is 5.75 Å². The monoisotopic (exact) mass is 294 g/mol. The van der Waals surface area contributed by atoms with Crippen LogP contribution >= 0.6 is 12.4 Å². The zero-order valence-electron chi connectivity index (χ0n) is 10.6. The Hall–Kier alpha value is -0.820. The highest BCUT2D eigenvalue weighted by molar-refractivity contribution is 7.89. The molecule has 0 radical (unpaired) electrons. The number of halogens is 1. The predicted molar refractivity (Wildman–Crippen MR) is 73.3 cm³/mol. The molecule has 0 spiro atoms. The number of phenols is 1. The van der Waals surface area contributed by atoms with Crippen LogP contribution in [-0.4, -0.2) is 13.5 Å². The van der Waals surface area contributed by atoms with Crippen molar-refractivity contribution < 1.29 is 13.5 Å². The summed E-state index contributed by atoms with van der Waals surface area (Å²) in [5, 5.41) is 14.8. The van der Waals surface area contributed by atoms with Crippen LogP contribution in [0.3, 0.4) is 0 Å². The fourth-order valence-electron chi connectivity index (χ4n) is 1.47. The van der Waals surface area contributed by atoms with Crippen LogP contribution in [0.2, 0.25) is 0 Å². The van der Waals surface area contributed by atoms with Crippen molar-refractivity contribution >= 4 is 22.4 Å². The molecule has 0 saturated carbocycles. The van der Waals surface area contributed by atoms with Gasteiger partial charge in [0.1, 0.15) is 10.6 Å². The molecule has 0 amide bonds. The van der Waals surface area contributed by atoms with E-state index in [4.69, 9.17) is 10.9 Å². The fourth-order valence-corrected chi connectivity index (χ4v) is 2.16. The van der Waals surface area contributed by atoms with E-state index in [9.17, 15) is 13.5 Å². The largest absolute Gasteiger partial charge is 0.506 e. The van der Waals surface area contributed by atoms with Crippen molar-refractivity contribution in [1.82, 2.24) is 0 Å². The van der Waals surface area contributed by atoms with Gasteiger partial charge in [-0.2, -0.15) is 0 Å². The van der Waals surface area contributed by atoms with Crippen LogP contribution in [0, 0.1) is 0 Å². The van der Waals surface area contributed by atoms with Crippen molar-refractivity contribution in [3.63, 3.8) is 0 Å². The van der Waals surface area contributed by atoms with Gasteiger partial charge in [-0.05, 0) is 17.0 Å². The number of benzene rings is 1. The lowest BCUT2D eigenvalue weighted by Gasteiger charge is -2.21. The molecular weight excluding hydrogens is 276 g/mol. The number of phenolic OH excluding ortho intramolecular Hbond substituents is 1. The Bertz CT molecular complexity index is 536. The standard InChI is InChI=1S/C11H18N2O3S.ClH/c1-11(2,3)8-4-7(6-12)10(14)9(5-8)17(13,15)16;/h4-5,14H,6,12H2,1-3H3,(H2,13,15,16);1H. The third-order valence-electron chi connectivity index (χ3n) is 2.55. The lowest BCUT2D eigenvalue weighted by atomic mass is 9.86. The molecule has 1 aromatic rings. The van der Waals surface area contributed by atoms with Crippen molar-refractivity contribution in [3.05, 3.63) is 23.3 Å². The van der Waals surface area contributed by atoms with Crippen LogP contribution in [-0.2, 0) is 22.0 Å². The molecule has 0 unspecified atom stereocenters. The number of hydrogen-bond acceptors (Lipinski definition) is 4. The second kappa shape index (κ2) is 5.44. The minimum absolute atomic E-state index is 0. The van der Waals surface area contributed by atoms with E-state index in [0.717, 1.165) is 5.56 Å². The zero-order chi connectivity index (χ0) is 13.4. The Morgan fingerprint density at radius 1 is 1.28 bits per heavy atom. The molecule has 0 atom stereocenters. The number of sulfonamides is 1. The highest BCUT2D eigenvalue weighted by Gasteiger charge is 2.22. The first-order chi connectivity index (χ1) is 7.57. The van der Waals surface area contributed by atoms with Crippen LogP contribution in [0.25, 0.3) is 0 Å². The second-order valence-electron chi connectivity index (χ2n) is 4.98. The number of nitrogens with two attached hydrogens (primary N) is 2. The molecule has 104 valence electrons. The van der Waals surface area contributed by atoms with E-state index in [1.165, 1.54) is 6.07 Å². The molecule has 7 heteroatoms. The van der Waals surface area contributed by atoms with E-state index in [-0.39, 0.29) is 35.0 Å². The van der Waals surface area contributed by atoms with Crippen molar-refractivity contribution in [1.29, 1.82) is 0 Å². The Morgan fingerprint density at radius 2 is 1.78 bits per heavy atom. The Kier molecular flexibility index (Phi) is 5.19. The van der Waals surface area contributed by atoms with E-state index < -0.39 is 10.0 Å². The molecule has 5 N–H and O–H groups in total. The summed E-state index contributed by atoms with van der Waals surface area (Å²) in [4.78, 5) is -0.273. The summed E-state index contributed by atoms with van der Waals surface area (Å²) in [6.45, 7) is 5.87. The number of primary sulfonamides is 1. The van der Waals surface area contributed by atoms with E-state index >= 15 is 0 Å². The van der Waals surface area contributed by atoms with Crippen molar-refractivity contribution in [2.45, 2.75) is 37.6 Å². The molecule has 0 aromatic heterocycles. The van der Waals surface area contributed by atoms with Gasteiger partial charge in [0.05, 0.1) is 0 Å². The molecule has 18 heavy (non-hydrogen) atoms. The summed E-state index contributed by atoms with van der Waals surface area (Å²) in [5.41, 5.74) is 6.37. The Balaban J connectivity index is 0.00000289. The molecule has 0 saturated heterocycles. The normalized spacial score (nSPS) is 12.1. The van der Waals surface area contributed by atoms with Gasteiger partial charge in [-0.3, -0.25) is 0 Å². The zero-order valence-corrected chi connectivity index (χ0v) is 12.2. The van der Waals surface area contributed by atoms with Crippen LogP contribution < -0.4 is 10.9 Å². The van der Waals surface area contributed by atoms with E-state index in [2.05, 4.69) is 0 Å². The first-order valence-electron chi connectivity index (χ1n) is 5.16. The molecule has 5 nitrogen and oxygen atoms in total. The maximum atomic E-state index is 11.4. The fraction of sp³-hybridized carbons (Fsp3) is 0.455. The Labute approximate surface area is 114 Å². The molecule has 0 aliphatic rings. The van der Waals surface area contributed by atoms with Gasteiger partial charge in [0.2, 0.25) is 10.0 Å². The highest BCUT2D eigenvalue weighted by atomic mass is 35.5. The molecule has 1 rings (SSSR count). The topological polar surface area (TPSA) is 106 Å². The summed E-state index contributed by atoms with van der Waals surface area (Å²) in [5.74, 6) is -0.358. The molecule has 0 aliphatic carbocycles. The second-order valence-corrected chi connectivity index (χ2v) is 6.51. The lowest BCUT2D eigenvalue weighted by molar-refractivity contribution is 0.449. The predicted octanol–water partition coefficient (Wildman–Crippen LogP) is 1.22. The maximum absolute atomic E-state index is 11.4. The van der Waals surface area contributed by atoms with Crippen LogP contribution in [0.15, 0.2) is 17.0 Å². The molecule has 0 fully saturated rings. The molecule has 0 aliphatic heterocycles. The van der Waals surface area contributed by atoms with Crippen molar-refractivity contribution in [2.75, 3.05) is 0 Å². The van der Waals surface area contributed by atoms with Crippen molar-refractivity contribution in [3.8, 4) is 5.75 Å². The van der Waals surface area contributed by atoms with Crippen molar-refractivity contribution in [2.24, 2.45) is 10.9 Å². The van der Waals surface area contributed by atoms with Gasteiger partial charge < -0.3 is 10.8 Å². The maximum Gasteiger partial charge on any atom is 0.241 e. The third kappa shape index (κ3) is 3.58. The highest BCUT2D eigenvalue weighted by Crippen LogP contribution is 2.32. The SMILES string of the molecule is CC(C)(C)c1cc(CN)c(O)c(S(N)(=O)=O)c1.Cl. The van der Waals surface area contributed by atoms with Crippen LogP contribution in [0.4, 0.5) is 0 Å². The average Bonchev–Trinajstić information content (AvgIpc) is 2.14. The number of rotatable bonds is 2. The van der Waals surface area contributed by atoms with Gasteiger partial charge in [-0.1, -0.05) is 26.8 Å². The first-order valence-corrected chi connectivity index (χ1v) is 6.71. The van der Waals surface area contributed by atoms with Gasteiger partial charge in [0.25, 0.3) is 0 Å². The minimum atomic E-state index is -3.95. The number of aromatic hydroxyl groups is 1. The average molecular weight is 295 g/mol. The molecule has 0 heterocycles. The summed E-state index contributed by atoms with van der Waals surface area (Å²) in [6.07, 6.45) is 0. The summed E-state index contributed by atoms with van der Waals surface area (Å²) >= 11 is 0. The quantitative estimate of drug-likeness (QED) is 0.762. The van der Waals surface area contributed by atoms with E-state index in [0.29, 0.717) is 5.56 Å². The van der Waals surface area contributed by atoms with Gasteiger partial charge in [0.15, 0.2) is 0 Å². The molecule has 1 aromatic carbocycles. The van der Waals surface area contributed by atoms with Gasteiger partial charge >= 0.3 is 0 Å². The minimum Gasteiger partial charge on any atom is -0.506 e. The number of hydrogen-bond donors (Lipinski definition) is 3. The summed E-state index contributed by atoms with van der Waals surface area (Å²) < 4.78 is 22.8. The van der Waals surface area contributed by atoms with Gasteiger partial charge in [-0.15, -0.1) is 12.4 Å². The van der Waals surface area contributed by atoms with Gasteiger partial charge in [-0.25, -0.2) is 13.6 Å². The molecule has 0 bridgehead atoms. The lowest BCUT2D eigenvalue weighted by Crippen LogP contribution is -2.17. The Morgan fingerprint density at radius 3 is 2.11 bits per heavy atom. The first kappa shape index (κ1) is 17.2.